The van der Waals surface area contributed by atoms with Crippen molar-refractivity contribution in [3.63, 3.8) is 0 Å². The molecule has 0 aliphatic heterocycles. The highest BCUT2D eigenvalue weighted by atomic mass is 15.2. The van der Waals surface area contributed by atoms with Crippen LogP contribution in [0.3, 0.4) is 0 Å². The maximum Gasteiger partial charge on any atom is 0.263 e. The molecular formula is C37H40N3+. The highest BCUT2D eigenvalue weighted by Gasteiger charge is 2.28. The summed E-state index contributed by atoms with van der Waals surface area (Å²) >= 11 is 0. The van der Waals surface area contributed by atoms with Crippen molar-refractivity contribution in [2.75, 3.05) is 0 Å². The molecular weight excluding hydrogens is 486 g/mol. The third kappa shape index (κ3) is 4.16. The maximum atomic E-state index is 2.42. The average molecular weight is 527 g/mol. The van der Waals surface area contributed by atoms with Gasteiger partial charge in [0.1, 0.15) is 18.1 Å². The van der Waals surface area contributed by atoms with E-state index < -0.39 is 0 Å². The van der Waals surface area contributed by atoms with Gasteiger partial charge in [0, 0.05) is 17.7 Å². The molecule has 0 bridgehead atoms. The zero-order valence-electron chi connectivity index (χ0n) is 25.1. The van der Waals surface area contributed by atoms with Gasteiger partial charge in [0.05, 0.1) is 16.7 Å². The second-order valence-corrected chi connectivity index (χ2v) is 13.1. The van der Waals surface area contributed by atoms with Gasteiger partial charge in [-0.2, -0.15) is 9.13 Å². The van der Waals surface area contributed by atoms with E-state index >= 15 is 0 Å². The van der Waals surface area contributed by atoms with Crippen LogP contribution in [0, 0.1) is 13.8 Å². The summed E-state index contributed by atoms with van der Waals surface area (Å²) in [6.07, 6.45) is 4.43. The van der Waals surface area contributed by atoms with Crippen molar-refractivity contribution in [2.24, 2.45) is 0 Å². The van der Waals surface area contributed by atoms with Crippen LogP contribution in [0.1, 0.15) is 64.1 Å². The number of aromatic nitrogens is 3. The molecule has 0 unspecified atom stereocenters. The fourth-order valence-corrected chi connectivity index (χ4v) is 6.17. The first-order chi connectivity index (χ1) is 19.0. The van der Waals surface area contributed by atoms with Gasteiger partial charge in [-0.1, -0.05) is 96.1 Å². The number of hydrogen-bond donors (Lipinski definition) is 0. The summed E-state index contributed by atoms with van der Waals surface area (Å²) in [4.78, 5) is 0. The minimum absolute atomic E-state index is 0.0558. The summed E-state index contributed by atoms with van der Waals surface area (Å²) in [6.45, 7) is 18.4. The second kappa shape index (κ2) is 9.23. The molecule has 0 atom stereocenters. The average Bonchev–Trinajstić information content (AvgIpc) is 3.45. The topological polar surface area (TPSA) is 13.7 Å². The Morgan fingerprint density at radius 3 is 1.80 bits per heavy atom. The molecule has 6 rings (SSSR count). The smallest absolute Gasteiger partial charge is 0.263 e. The number of hydrogen-bond acceptors (Lipinski definition) is 0. The lowest BCUT2D eigenvalue weighted by Gasteiger charge is -2.27. The van der Waals surface area contributed by atoms with Crippen molar-refractivity contribution >= 4 is 21.8 Å². The lowest BCUT2D eigenvalue weighted by Crippen LogP contribution is -2.34. The van der Waals surface area contributed by atoms with E-state index in [1.54, 1.807) is 0 Å². The third-order valence-corrected chi connectivity index (χ3v) is 8.34. The van der Waals surface area contributed by atoms with Crippen LogP contribution < -0.4 is 4.57 Å². The first-order valence-electron chi connectivity index (χ1n) is 14.3. The lowest BCUT2D eigenvalue weighted by atomic mass is 9.78. The van der Waals surface area contributed by atoms with Gasteiger partial charge < -0.3 is 4.57 Å². The summed E-state index contributed by atoms with van der Waals surface area (Å²) < 4.78 is 7.11. The van der Waals surface area contributed by atoms with Crippen LogP contribution in [0.25, 0.3) is 38.9 Å². The zero-order chi connectivity index (χ0) is 28.4. The molecule has 0 spiro atoms. The van der Waals surface area contributed by atoms with Crippen molar-refractivity contribution in [2.45, 2.75) is 66.2 Å². The standard InChI is InChI=1S/C37H40N3/c1-25-30(37(6,7)8)23-27(36(3,4)5)24-35(25)39-22-21-38(26(39)2)33-19-13-14-20-34(33)40-31-17-11-9-15-28(31)29-16-10-12-18-32(29)40/h9-24H,1-8H3/q+1. The number of nitrogens with zero attached hydrogens (tertiary/aromatic N) is 3. The number of fused-ring (bicyclic) bond motifs is 3. The predicted molar refractivity (Wildman–Crippen MR) is 169 cm³/mol. The lowest BCUT2D eigenvalue weighted by molar-refractivity contribution is -0.601. The largest absolute Gasteiger partial charge is 0.305 e. The van der Waals surface area contributed by atoms with Crippen LogP contribution in [0.15, 0.2) is 97.3 Å². The first-order valence-corrected chi connectivity index (χ1v) is 14.3. The predicted octanol–water partition coefficient (Wildman–Crippen LogP) is 9.06. The van der Waals surface area contributed by atoms with Gasteiger partial charge in [-0.25, -0.2) is 0 Å². The van der Waals surface area contributed by atoms with Crippen LogP contribution in [0.5, 0.6) is 0 Å². The molecule has 0 N–H and O–H groups in total. The Bertz CT molecular complexity index is 1830. The number of rotatable bonds is 3. The van der Waals surface area contributed by atoms with E-state index in [0.29, 0.717) is 0 Å². The van der Waals surface area contributed by atoms with Crippen LogP contribution in [-0.2, 0) is 10.8 Å². The van der Waals surface area contributed by atoms with E-state index in [4.69, 9.17) is 0 Å². The molecule has 40 heavy (non-hydrogen) atoms. The zero-order valence-corrected chi connectivity index (χ0v) is 25.1. The molecule has 0 radical (unpaired) electrons. The van der Waals surface area contributed by atoms with Crippen LogP contribution in [0.4, 0.5) is 0 Å². The van der Waals surface area contributed by atoms with E-state index in [1.807, 2.05) is 0 Å². The molecule has 0 aliphatic rings. The molecule has 6 aromatic rings. The molecule has 202 valence electrons. The second-order valence-electron chi connectivity index (χ2n) is 13.1. The molecule has 0 saturated carbocycles. The van der Waals surface area contributed by atoms with E-state index in [2.05, 4.69) is 166 Å². The van der Waals surface area contributed by atoms with E-state index in [1.165, 1.54) is 55.7 Å². The quantitative estimate of drug-likeness (QED) is 0.204. The third-order valence-electron chi connectivity index (χ3n) is 8.34. The number of para-hydroxylation sites is 4. The summed E-state index contributed by atoms with van der Waals surface area (Å²) in [6, 6.07) is 31.0. The van der Waals surface area contributed by atoms with Gasteiger partial charge in [0.25, 0.3) is 5.82 Å². The Hall–Kier alpha value is -4.11. The Balaban J connectivity index is 1.59. The van der Waals surface area contributed by atoms with Crippen LogP contribution in [0.2, 0.25) is 0 Å². The Morgan fingerprint density at radius 2 is 1.20 bits per heavy atom. The number of benzene rings is 4. The molecule has 0 amide bonds. The van der Waals surface area contributed by atoms with Gasteiger partial charge in [-0.05, 0) is 64.8 Å². The van der Waals surface area contributed by atoms with Crippen molar-refractivity contribution in [3.05, 3.63) is 120 Å². The van der Waals surface area contributed by atoms with Gasteiger partial charge >= 0.3 is 0 Å². The molecule has 3 nitrogen and oxygen atoms in total. The van der Waals surface area contributed by atoms with Gasteiger partial charge in [-0.15, -0.1) is 0 Å². The molecule has 4 aromatic carbocycles. The minimum atomic E-state index is 0.0558. The summed E-state index contributed by atoms with van der Waals surface area (Å²) in [7, 11) is 0. The summed E-state index contributed by atoms with van der Waals surface area (Å²) in [5.74, 6) is 1.17. The van der Waals surface area contributed by atoms with Crippen LogP contribution in [-0.4, -0.2) is 9.13 Å². The normalized spacial score (nSPS) is 12.5. The van der Waals surface area contributed by atoms with Crippen LogP contribution >= 0.6 is 0 Å². The SMILES string of the molecule is Cc1c(-n2cc[n+](-c3ccccc3-n3c4ccccc4c4ccccc43)c2C)cc(C(C)(C)C)cc1C(C)(C)C. The minimum Gasteiger partial charge on any atom is -0.305 e. The highest BCUT2D eigenvalue weighted by molar-refractivity contribution is 6.09. The molecule has 2 aromatic heterocycles. The van der Waals surface area contributed by atoms with Crippen molar-refractivity contribution in [3.8, 4) is 17.1 Å². The van der Waals surface area contributed by atoms with Gasteiger partial charge in [0.2, 0.25) is 0 Å². The monoisotopic (exact) mass is 526 g/mol. The number of imidazole rings is 1. The van der Waals surface area contributed by atoms with Gasteiger partial charge in [-0.3, -0.25) is 0 Å². The fraction of sp³-hybridized carbons (Fsp3) is 0.270. The molecule has 3 heteroatoms. The van der Waals surface area contributed by atoms with E-state index in [-0.39, 0.29) is 10.8 Å². The molecule has 0 saturated heterocycles. The van der Waals surface area contributed by atoms with Crippen molar-refractivity contribution in [1.82, 2.24) is 9.13 Å². The Kier molecular flexibility index (Phi) is 6.03. The van der Waals surface area contributed by atoms with Crippen molar-refractivity contribution < 1.29 is 4.57 Å². The maximum absolute atomic E-state index is 2.42. The first kappa shape index (κ1) is 26.1. The molecule has 0 fully saturated rings. The van der Waals surface area contributed by atoms with Gasteiger partial charge in [0.15, 0.2) is 5.69 Å². The Labute approximate surface area is 238 Å². The molecule has 0 aliphatic carbocycles. The summed E-state index contributed by atoms with van der Waals surface area (Å²) in [5.41, 5.74) is 10.2. The van der Waals surface area contributed by atoms with E-state index in [9.17, 15) is 0 Å². The van der Waals surface area contributed by atoms with E-state index in [0.717, 1.165) is 5.69 Å². The summed E-state index contributed by atoms with van der Waals surface area (Å²) in [5, 5.41) is 2.55. The van der Waals surface area contributed by atoms with Crippen molar-refractivity contribution in [1.29, 1.82) is 0 Å². The highest BCUT2D eigenvalue weighted by Crippen LogP contribution is 2.36. The Morgan fingerprint density at radius 1 is 0.625 bits per heavy atom. The fourth-order valence-electron chi connectivity index (χ4n) is 6.17. The molecule has 2 heterocycles.